The van der Waals surface area contributed by atoms with Gasteiger partial charge in [0.05, 0.1) is 17.7 Å². The fourth-order valence-corrected chi connectivity index (χ4v) is 3.94. The van der Waals surface area contributed by atoms with E-state index in [1.807, 2.05) is 30.3 Å². The summed E-state index contributed by atoms with van der Waals surface area (Å²) < 4.78 is 0. The molecule has 11 heteroatoms. The summed E-state index contributed by atoms with van der Waals surface area (Å²) in [5, 5.41) is 19.6. The summed E-state index contributed by atoms with van der Waals surface area (Å²) >= 11 is 0. The Kier molecular flexibility index (Phi) is 8.83. The molecule has 0 spiro atoms. The van der Waals surface area contributed by atoms with E-state index in [9.17, 15) is 24.0 Å². The SMILES string of the molecule is CC(CC(=O)O)NC(=O)CN1C(=O)[C@H](C(C)C)NC(=O)c2cc(NC(=O)NCc3ccccc3)ccc21. The highest BCUT2D eigenvalue weighted by molar-refractivity contribution is 6.13. The second-order valence-corrected chi connectivity index (χ2v) is 9.21. The number of carboxylic acid groups (broad SMARTS) is 1. The molecule has 0 saturated heterocycles. The lowest BCUT2D eigenvalue weighted by Gasteiger charge is -2.27. The molecule has 2 atom stereocenters. The number of urea groups is 1. The summed E-state index contributed by atoms with van der Waals surface area (Å²) in [5.74, 6) is -2.87. The fraction of sp³-hybridized carbons (Fsp3) is 0.346. The minimum Gasteiger partial charge on any atom is -0.481 e. The third kappa shape index (κ3) is 7.29. The van der Waals surface area contributed by atoms with Crippen LogP contribution < -0.4 is 26.2 Å². The average molecular weight is 510 g/mol. The van der Waals surface area contributed by atoms with Gasteiger partial charge in [-0.25, -0.2) is 4.79 Å². The molecule has 1 aliphatic rings. The number of nitrogens with one attached hydrogen (secondary N) is 4. The quantitative estimate of drug-likeness (QED) is 0.348. The van der Waals surface area contributed by atoms with E-state index in [2.05, 4.69) is 21.3 Å². The van der Waals surface area contributed by atoms with Gasteiger partial charge in [0.2, 0.25) is 11.8 Å². The van der Waals surface area contributed by atoms with Gasteiger partial charge < -0.3 is 31.3 Å². The van der Waals surface area contributed by atoms with Crippen LogP contribution in [0.2, 0.25) is 0 Å². The zero-order valence-electron chi connectivity index (χ0n) is 20.9. The molecule has 1 unspecified atom stereocenters. The minimum absolute atomic E-state index is 0.115. The molecule has 1 heterocycles. The number of benzene rings is 2. The number of amides is 5. The molecule has 0 aliphatic carbocycles. The van der Waals surface area contributed by atoms with E-state index >= 15 is 0 Å². The van der Waals surface area contributed by atoms with Crippen LogP contribution in [-0.2, 0) is 20.9 Å². The second-order valence-electron chi connectivity index (χ2n) is 9.21. The Bertz CT molecular complexity index is 1180. The summed E-state index contributed by atoms with van der Waals surface area (Å²) in [7, 11) is 0. The van der Waals surface area contributed by atoms with Crippen molar-refractivity contribution in [2.24, 2.45) is 5.92 Å². The third-order valence-electron chi connectivity index (χ3n) is 5.76. The topological polar surface area (TPSA) is 157 Å². The monoisotopic (exact) mass is 509 g/mol. The maximum absolute atomic E-state index is 13.3. The molecule has 5 amide bonds. The number of nitrogens with zero attached hydrogens (tertiary/aromatic N) is 1. The van der Waals surface area contributed by atoms with Crippen LogP contribution in [0, 0.1) is 5.92 Å². The summed E-state index contributed by atoms with van der Waals surface area (Å²) in [4.78, 5) is 63.6. The Hall–Kier alpha value is -4.41. The van der Waals surface area contributed by atoms with Gasteiger partial charge >= 0.3 is 12.0 Å². The Balaban J connectivity index is 1.81. The average Bonchev–Trinajstić information content (AvgIpc) is 2.93. The van der Waals surface area contributed by atoms with Crippen molar-refractivity contribution in [3.63, 3.8) is 0 Å². The first-order chi connectivity index (χ1) is 17.5. The molecule has 2 aromatic rings. The van der Waals surface area contributed by atoms with Crippen LogP contribution in [0.25, 0.3) is 0 Å². The van der Waals surface area contributed by atoms with Crippen LogP contribution in [0.15, 0.2) is 48.5 Å². The molecule has 0 bridgehead atoms. The van der Waals surface area contributed by atoms with Gasteiger partial charge in [-0.05, 0) is 36.6 Å². The first-order valence-electron chi connectivity index (χ1n) is 11.9. The molecule has 5 N–H and O–H groups in total. The molecule has 0 radical (unpaired) electrons. The Labute approximate surface area is 214 Å². The molecule has 0 fully saturated rings. The maximum atomic E-state index is 13.3. The number of aliphatic carboxylic acids is 1. The van der Waals surface area contributed by atoms with Crippen molar-refractivity contribution >= 4 is 41.1 Å². The third-order valence-corrected chi connectivity index (χ3v) is 5.76. The minimum atomic E-state index is -1.06. The highest BCUT2D eigenvalue weighted by Crippen LogP contribution is 2.28. The van der Waals surface area contributed by atoms with Gasteiger partial charge in [0.15, 0.2) is 0 Å². The molecular weight excluding hydrogens is 478 g/mol. The zero-order chi connectivity index (χ0) is 27.1. The summed E-state index contributed by atoms with van der Waals surface area (Å²) in [6.07, 6.45) is -0.272. The molecule has 0 saturated carbocycles. The van der Waals surface area contributed by atoms with Crippen LogP contribution in [0.3, 0.4) is 0 Å². The Morgan fingerprint density at radius 1 is 1.05 bits per heavy atom. The van der Waals surface area contributed by atoms with Crippen molar-refractivity contribution in [1.29, 1.82) is 0 Å². The highest BCUT2D eigenvalue weighted by Gasteiger charge is 2.36. The van der Waals surface area contributed by atoms with E-state index < -0.39 is 48.4 Å². The predicted molar refractivity (Wildman–Crippen MR) is 137 cm³/mol. The molecule has 1 aliphatic heterocycles. The van der Waals surface area contributed by atoms with E-state index in [0.29, 0.717) is 12.2 Å². The lowest BCUT2D eigenvalue weighted by atomic mass is 10.0. The van der Waals surface area contributed by atoms with Crippen LogP contribution >= 0.6 is 0 Å². The number of hydrogen-bond donors (Lipinski definition) is 5. The first-order valence-corrected chi connectivity index (χ1v) is 11.9. The van der Waals surface area contributed by atoms with Crippen molar-refractivity contribution in [3.05, 3.63) is 59.7 Å². The number of hydrogen-bond acceptors (Lipinski definition) is 5. The number of anilines is 2. The molecule has 3 rings (SSSR count). The van der Waals surface area contributed by atoms with Crippen molar-refractivity contribution in [1.82, 2.24) is 16.0 Å². The predicted octanol–water partition coefficient (Wildman–Crippen LogP) is 2.09. The number of carbonyl (C=O) groups excluding carboxylic acids is 4. The summed E-state index contributed by atoms with van der Waals surface area (Å²) in [6.45, 7) is 5.00. The molecule has 0 aromatic heterocycles. The Morgan fingerprint density at radius 2 is 1.76 bits per heavy atom. The smallest absolute Gasteiger partial charge is 0.319 e. The largest absolute Gasteiger partial charge is 0.481 e. The number of rotatable bonds is 9. The van der Waals surface area contributed by atoms with Gasteiger partial charge in [-0.2, -0.15) is 0 Å². The first kappa shape index (κ1) is 27.2. The van der Waals surface area contributed by atoms with Crippen molar-refractivity contribution in [3.8, 4) is 0 Å². The van der Waals surface area contributed by atoms with E-state index in [4.69, 9.17) is 5.11 Å². The normalized spacial score (nSPS) is 15.8. The number of carbonyl (C=O) groups is 5. The van der Waals surface area contributed by atoms with Crippen LogP contribution in [-0.4, -0.2) is 53.5 Å². The zero-order valence-corrected chi connectivity index (χ0v) is 20.9. The van der Waals surface area contributed by atoms with E-state index in [1.54, 1.807) is 20.8 Å². The fourth-order valence-electron chi connectivity index (χ4n) is 3.94. The van der Waals surface area contributed by atoms with Crippen LogP contribution in [0.1, 0.15) is 43.1 Å². The molecule has 11 nitrogen and oxygen atoms in total. The van der Waals surface area contributed by atoms with Gasteiger partial charge in [0, 0.05) is 18.3 Å². The molecule has 37 heavy (non-hydrogen) atoms. The number of carboxylic acids is 1. The summed E-state index contributed by atoms with van der Waals surface area (Å²) in [5.41, 5.74) is 1.57. The van der Waals surface area contributed by atoms with Crippen molar-refractivity contribution < 1.29 is 29.1 Å². The van der Waals surface area contributed by atoms with Crippen LogP contribution in [0.5, 0.6) is 0 Å². The van der Waals surface area contributed by atoms with Crippen molar-refractivity contribution in [2.75, 3.05) is 16.8 Å². The van der Waals surface area contributed by atoms with E-state index in [-0.39, 0.29) is 23.6 Å². The van der Waals surface area contributed by atoms with Crippen LogP contribution in [0.4, 0.5) is 16.2 Å². The van der Waals surface area contributed by atoms with Crippen molar-refractivity contribution in [2.45, 2.75) is 45.8 Å². The second kappa shape index (κ2) is 12.0. The van der Waals surface area contributed by atoms with E-state index in [0.717, 1.165) is 5.56 Å². The van der Waals surface area contributed by atoms with Gasteiger partial charge in [0.25, 0.3) is 5.91 Å². The van der Waals surface area contributed by atoms with Gasteiger partial charge in [-0.15, -0.1) is 0 Å². The van der Waals surface area contributed by atoms with E-state index in [1.165, 1.54) is 23.1 Å². The van der Waals surface area contributed by atoms with Gasteiger partial charge in [-0.3, -0.25) is 19.2 Å². The summed E-state index contributed by atoms with van der Waals surface area (Å²) in [6, 6.07) is 11.8. The molecule has 2 aromatic carbocycles. The number of fused-ring (bicyclic) bond motifs is 1. The lowest BCUT2D eigenvalue weighted by molar-refractivity contribution is -0.137. The maximum Gasteiger partial charge on any atom is 0.319 e. The van der Waals surface area contributed by atoms with Gasteiger partial charge in [0.1, 0.15) is 12.6 Å². The molecular formula is C26H31N5O6. The standard InChI is InChI=1S/C26H31N5O6/c1-15(2)23-25(36)31(14-21(32)28-16(3)11-22(33)34)20-10-9-18(12-19(20)24(35)30-23)29-26(37)27-13-17-7-5-4-6-8-17/h4-10,12,15-16,23H,11,13-14H2,1-3H3,(H,28,32)(H,30,35)(H,33,34)(H2,27,29,37)/t16?,23-/m0/s1. The highest BCUT2D eigenvalue weighted by atomic mass is 16.4. The Morgan fingerprint density at radius 3 is 2.41 bits per heavy atom. The van der Waals surface area contributed by atoms with Gasteiger partial charge in [-0.1, -0.05) is 44.2 Å². The lowest BCUT2D eigenvalue weighted by Crippen LogP contribution is -2.51. The molecule has 196 valence electrons.